The van der Waals surface area contributed by atoms with Crippen LogP contribution < -0.4 is 5.32 Å². The molecule has 27 heavy (non-hydrogen) atoms. The van der Waals surface area contributed by atoms with E-state index >= 15 is 0 Å². The topological polar surface area (TPSA) is 64.0 Å². The van der Waals surface area contributed by atoms with Crippen LogP contribution in [0.15, 0.2) is 41.3 Å². The summed E-state index contributed by atoms with van der Waals surface area (Å²) in [5.41, 5.74) is 2.91. The molecule has 0 saturated carbocycles. The van der Waals surface area contributed by atoms with E-state index < -0.39 is 15.7 Å². The van der Waals surface area contributed by atoms with Crippen molar-refractivity contribution in [1.29, 1.82) is 0 Å². The van der Waals surface area contributed by atoms with Gasteiger partial charge in [0.15, 0.2) is 9.84 Å². The SMILES string of the molecule is Cn1c(C2CCNCC2)nc2cc(-c3ccc(S(C)(=O)=O)cc3F)ccc21. The first-order chi connectivity index (χ1) is 12.8. The third-order valence-electron chi connectivity index (χ3n) is 5.30. The number of piperidine rings is 1. The van der Waals surface area contributed by atoms with Crippen LogP contribution in [0.25, 0.3) is 22.2 Å². The number of imidazole rings is 1. The standard InChI is InChI=1S/C20H22FN3O2S/c1-24-19-6-3-14(16-5-4-15(12-17(16)21)27(2,25)26)11-18(19)23-20(24)13-7-9-22-10-8-13/h3-6,11-13,22H,7-10H2,1-2H3. The average molecular weight is 387 g/mol. The van der Waals surface area contributed by atoms with Crippen molar-refractivity contribution in [2.24, 2.45) is 7.05 Å². The van der Waals surface area contributed by atoms with Crippen LogP contribution in [0.5, 0.6) is 0 Å². The van der Waals surface area contributed by atoms with Gasteiger partial charge in [-0.15, -0.1) is 0 Å². The third-order valence-corrected chi connectivity index (χ3v) is 6.41. The maximum absolute atomic E-state index is 14.5. The van der Waals surface area contributed by atoms with E-state index in [1.54, 1.807) is 0 Å². The van der Waals surface area contributed by atoms with Crippen molar-refractivity contribution in [2.75, 3.05) is 19.3 Å². The number of aromatic nitrogens is 2. The fraction of sp³-hybridized carbons (Fsp3) is 0.350. The molecule has 1 aliphatic rings. The first-order valence-corrected chi connectivity index (χ1v) is 10.9. The van der Waals surface area contributed by atoms with Crippen LogP contribution in [0, 0.1) is 5.82 Å². The summed E-state index contributed by atoms with van der Waals surface area (Å²) in [4.78, 5) is 4.81. The highest BCUT2D eigenvalue weighted by molar-refractivity contribution is 7.90. The van der Waals surface area contributed by atoms with Crippen molar-refractivity contribution in [3.05, 3.63) is 48.0 Å². The van der Waals surface area contributed by atoms with Gasteiger partial charge in [0.25, 0.3) is 0 Å². The molecule has 1 aromatic heterocycles. The van der Waals surface area contributed by atoms with Crippen LogP contribution in [0.4, 0.5) is 4.39 Å². The van der Waals surface area contributed by atoms with Gasteiger partial charge in [0.2, 0.25) is 0 Å². The first-order valence-electron chi connectivity index (χ1n) is 9.01. The zero-order chi connectivity index (χ0) is 19.2. The molecule has 1 N–H and O–H groups in total. The molecule has 0 unspecified atom stereocenters. The molecule has 1 aliphatic heterocycles. The Morgan fingerprint density at radius 1 is 1.15 bits per heavy atom. The number of aryl methyl sites for hydroxylation is 1. The summed E-state index contributed by atoms with van der Waals surface area (Å²) in [6.45, 7) is 1.99. The van der Waals surface area contributed by atoms with Gasteiger partial charge in [-0.25, -0.2) is 17.8 Å². The third kappa shape index (κ3) is 3.37. The van der Waals surface area contributed by atoms with Crippen LogP contribution in [-0.4, -0.2) is 37.3 Å². The minimum atomic E-state index is -3.43. The minimum absolute atomic E-state index is 0.0177. The molecule has 0 spiro atoms. The number of hydrogen-bond acceptors (Lipinski definition) is 4. The molecule has 1 fully saturated rings. The maximum atomic E-state index is 14.5. The molecule has 0 aliphatic carbocycles. The Labute approximate surface area is 158 Å². The Kier molecular flexibility index (Phi) is 4.52. The number of fused-ring (bicyclic) bond motifs is 1. The lowest BCUT2D eigenvalue weighted by molar-refractivity contribution is 0.438. The smallest absolute Gasteiger partial charge is 0.175 e. The van der Waals surface area contributed by atoms with E-state index in [9.17, 15) is 12.8 Å². The first kappa shape index (κ1) is 18.1. The van der Waals surface area contributed by atoms with E-state index in [1.165, 1.54) is 12.1 Å². The number of rotatable bonds is 3. The summed E-state index contributed by atoms with van der Waals surface area (Å²) in [5, 5.41) is 3.37. The Bertz CT molecular complexity index is 1120. The molecule has 0 atom stereocenters. The zero-order valence-corrected chi connectivity index (χ0v) is 16.2. The quantitative estimate of drug-likeness (QED) is 0.749. The van der Waals surface area contributed by atoms with Crippen LogP contribution in [0.3, 0.4) is 0 Å². The monoisotopic (exact) mass is 387 g/mol. The van der Waals surface area contributed by atoms with E-state index in [0.29, 0.717) is 17.0 Å². The van der Waals surface area contributed by atoms with Crippen molar-refractivity contribution < 1.29 is 12.8 Å². The molecule has 2 heterocycles. The van der Waals surface area contributed by atoms with Gasteiger partial charge in [-0.1, -0.05) is 12.1 Å². The fourth-order valence-corrected chi connectivity index (χ4v) is 4.42. The van der Waals surface area contributed by atoms with E-state index in [2.05, 4.69) is 9.88 Å². The van der Waals surface area contributed by atoms with Crippen LogP contribution in [0.2, 0.25) is 0 Å². The molecule has 7 heteroatoms. The van der Waals surface area contributed by atoms with Gasteiger partial charge < -0.3 is 9.88 Å². The highest BCUT2D eigenvalue weighted by Gasteiger charge is 2.21. The van der Waals surface area contributed by atoms with Crippen LogP contribution in [0.1, 0.15) is 24.6 Å². The van der Waals surface area contributed by atoms with Gasteiger partial charge in [-0.05, 0) is 55.8 Å². The van der Waals surface area contributed by atoms with E-state index in [-0.39, 0.29) is 4.90 Å². The summed E-state index contributed by atoms with van der Waals surface area (Å²) < 4.78 is 39.9. The molecular formula is C20H22FN3O2S. The normalized spacial score (nSPS) is 16.1. The number of sulfone groups is 1. The molecule has 142 valence electrons. The summed E-state index contributed by atoms with van der Waals surface area (Å²) in [7, 11) is -1.41. The molecule has 1 saturated heterocycles. The minimum Gasteiger partial charge on any atom is -0.331 e. The highest BCUT2D eigenvalue weighted by Crippen LogP contribution is 2.31. The molecule has 0 radical (unpaired) electrons. The second-order valence-electron chi connectivity index (χ2n) is 7.17. The van der Waals surface area contributed by atoms with E-state index in [0.717, 1.165) is 55.1 Å². The predicted molar refractivity (Wildman–Crippen MR) is 104 cm³/mol. The van der Waals surface area contributed by atoms with Crippen LogP contribution in [-0.2, 0) is 16.9 Å². The molecule has 0 bridgehead atoms. The van der Waals surface area contributed by atoms with Crippen molar-refractivity contribution in [1.82, 2.24) is 14.9 Å². The number of halogens is 1. The Balaban J connectivity index is 1.76. The number of nitrogens with zero attached hydrogens (tertiary/aromatic N) is 2. The second-order valence-corrected chi connectivity index (χ2v) is 9.19. The van der Waals surface area contributed by atoms with Crippen molar-refractivity contribution in [2.45, 2.75) is 23.7 Å². The van der Waals surface area contributed by atoms with Gasteiger partial charge in [0.05, 0.1) is 15.9 Å². The number of hydrogen-bond donors (Lipinski definition) is 1. The molecule has 3 aromatic rings. The van der Waals surface area contributed by atoms with Gasteiger partial charge in [0, 0.05) is 24.8 Å². The summed E-state index contributed by atoms with van der Waals surface area (Å²) >= 11 is 0. The summed E-state index contributed by atoms with van der Waals surface area (Å²) in [6, 6.07) is 9.72. The van der Waals surface area contributed by atoms with E-state index in [1.807, 2.05) is 25.2 Å². The predicted octanol–water partition coefficient (Wildman–Crippen LogP) is 3.25. The molecule has 0 amide bonds. The van der Waals surface area contributed by atoms with Crippen molar-refractivity contribution in [3.8, 4) is 11.1 Å². The largest absolute Gasteiger partial charge is 0.331 e. The Morgan fingerprint density at radius 3 is 2.56 bits per heavy atom. The lowest BCUT2D eigenvalue weighted by Gasteiger charge is -2.22. The molecule has 2 aromatic carbocycles. The summed E-state index contributed by atoms with van der Waals surface area (Å²) in [5.74, 6) is 0.946. The lowest BCUT2D eigenvalue weighted by Crippen LogP contribution is -2.27. The second kappa shape index (κ2) is 6.73. The average Bonchev–Trinajstić information content (AvgIpc) is 2.98. The number of benzene rings is 2. The zero-order valence-electron chi connectivity index (χ0n) is 15.4. The van der Waals surface area contributed by atoms with Crippen molar-refractivity contribution >= 4 is 20.9 Å². The maximum Gasteiger partial charge on any atom is 0.175 e. The lowest BCUT2D eigenvalue weighted by atomic mass is 9.97. The molecular weight excluding hydrogens is 365 g/mol. The summed E-state index contributed by atoms with van der Waals surface area (Å²) in [6.07, 6.45) is 3.20. The fourth-order valence-electron chi connectivity index (χ4n) is 3.79. The molecule has 5 nitrogen and oxygen atoms in total. The number of nitrogens with one attached hydrogen (secondary N) is 1. The van der Waals surface area contributed by atoms with Gasteiger partial charge in [-0.2, -0.15) is 0 Å². The Hall–Kier alpha value is -2.25. The van der Waals surface area contributed by atoms with E-state index in [4.69, 9.17) is 4.98 Å². The van der Waals surface area contributed by atoms with Gasteiger partial charge in [0.1, 0.15) is 11.6 Å². The molecule has 4 rings (SSSR count). The van der Waals surface area contributed by atoms with Gasteiger partial charge in [-0.3, -0.25) is 0 Å². The van der Waals surface area contributed by atoms with Gasteiger partial charge >= 0.3 is 0 Å². The highest BCUT2D eigenvalue weighted by atomic mass is 32.2. The van der Waals surface area contributed by atoms with Crippen LogP contribution >= 0.6 is 0 Å². The van der Waals surface area contributed by atoms with Crippen molar-refractivity contribution in [3.63, 3.8) is 0 Å². The Morgan fingerprint density at radius 2 is 1.89 bits per heavy atom.